The van der Waals surface area contributed by atoms with Gasteiger partial charge in [0.25, 0.3) is 5.91 Å². The molecule has 1 aliphatic heterocycles. The Hall–Kier alpha value is -2.63. The van der Waals surface area contributed by atoms with Gasteiger partial charge in [-0.25, -0.2) is 0 Å². The first kappa shape index (κ1) is 21.1. The average Bonchev–Trinajstić information content (AvgIpc) is 3.31. The molecule has 6 heteroatoms. The molecule has 152 valence electrons. The Balaban J connectivity index is 0.00000240. The van der Waals surface area contributed by atoms with Crippen LogP contribution in [0.25, 0.3) is 11.3 Å². The molecule has 3 aromatic rings. The highest BCUT2D eigenvalue weighted by Gasteiger charge is 2.28. The van der Waals surface area contributed by atoms with Crippen LogP contribution in [0.2, 0.25) is 0 Å². The normalized spacial score (nSPS) is 16.0. The van der Waals surface area contributed by atoms with E-state index in [0.717, 1.165) is 23.2 Å². The summed E-state index contributed by atoms with van der Waals surface area (Å²) >= 11 is 0. The van der Waals surface area contributed by atoms with E-state index in [9.17, 15) is 4.79 Å². The Morgan fingerprint density at radius 3 is 2.55 bits per heavy atom. The number of carbonyl (C=O) groups is 1. The lowest BCUT2D eigenvalue weighted by atomic mass is 10.0. The van der Waals surface area contributed by atoms with E-state index in [1.54, 1.807) is 0 Å². The molecule has 2 N–H and O–H groups in total. The summed E-state index contributed by atoms with van der Waals surface area (Å²) in [6, 6.07) is 16.5. The van der Waals surface area contributed by atoms with Crippen LogP contribution in [0.15, 0.2) is 54.7 Å². The van der Waals surface area contributed by atoms with Gasteiger partial charge in [-0.1, -0.05) is 42.5 Å². The van der Waals surface area contributed by atoms with E-state index in [0.29, 0.717) is 25.2 Å². The van der Waals surface area contributed by atoms with Crippen LogP contribution in [0, 0.1) is 13.8 Å². The Kier molecular flexibility index (Phi) is 6.40. The molecule has 0 radical (unpaired) electrons. The molecule has 0 spiro atoms. The highest BCUT2D eigenvalue weighted by atomic mass is 35.5. The van der Waals surface area contributed by atoms with Gasteiger partial charge in [-0.05, 0) is 43.0 Å². The van der Waals surface area contributed by atoms with Crippen molar-refractivity contribution < 1.29 is 4.79 Å². The van der Waals surface area contributed by atoms with Gasteiger partial charge >= 0.3 is 0 Å². The van der Waals surface area contributed by atoms with Gasteiger partial charge in [-0.2, -0.15) is 5.10 Å². The zero-order valence-electron chi connectivity index (χ0n) is 16.8. The number of carbonyl (C=O) groups excluding carboxylic acids is 1. The second-order valence-electron chi connectivity index (χ2n) is 7.67. The molecular formula is C23H27ClN4O. The first-order chi connectivity index (χ1) is 13.5. The first-order valence-corrected chi connectivity index (χ1v) is 9.75. The van der Waals surface area contributed by atoms with Crippen LogP contribution in [-0.4, -0.2) is 39.7 Å². The van der Waals surface area contributed by atoms with Crippen LogP contribution in [0.5, 0.6) is 0 Å². The Labute approximate surface area is 177 Å². The predicted molar refractivity (Wildman–Crippen MR) is 118 cm³/mol. The minimum absolute atomic E-state index is 0. The largest absolute Gasteiger partial charge is 0.337 e. The van der Waals surface area contributed by atoms with Crippen molar-refractivity contribution in [3.63, 3.8) is 0 Å². The fraction of sp³-hybridized carbons (Fsp3) is 0.304. The Bertz CT molecular complexity index is 999. The summed E-state index contributed by atoms with van der Waals surface area (Å²) in [4.78, 5) is 15.1. The number of halogens is 1. The van der Waals surface area contributed by atoms with Crippen molar-refractivity contribution in [2.75, 3.05) is 13.1 Å². The van der Waals surface area contributed by atoms with Gasteiger partial charge in [0.15, 0.2) is 0 Å². The summed E-state index contributed by atoms with van der Waals surface area (Å²) in [6.07, 6.45) is 2.73. The molecule has 2 aromatic carbocycles. The maximum absolute atomic E-state index is 13.2. The maximum Gasteiger partial charge on any atom is 0.257 e. The molecule has 1 aliphatic rings. The number of nitrogens with two attached hydrogens (primary N) is 1. The number of nitrogens with zero attached hydrogens (tertiary/aromatic N) is 3. The van der Waals surface area contributed by atoms with E-state index in [1.807, 2.05) is 40.0 Å². The molecule has 1 amide bonds. The standard InChI is InChI=1S/C23H26N4O.ClH/c1-16-8-9-19(12-17(16)2)22-21(23(28)26-11-10-20(24)14-26)15-27(25-22)13-18-6-4-3-5-7-18;/h3-9,12,15,20H,10-11,13-14,24H2,1-2H3;1H/t20-;/m1./s1. The molecule has 0 unspecified atom stereocenters. The van der Waals surface area contributed by atoms with Crippen molar-refractivity contribution in [1.29, 1.82) is 0 Å². The van der Waals surface area contributed by atoms with Crippen LogP contribution < -0.4 is 5.73 Å². The van der Waals surface area contributed by atoms with Crippen LogP contribution in [0.1, 0.15) is 33.5 Å². The monoisotopic (exact) mass is 410 g/mol. The zero-order chi connectivity index (χ0) is 19.7. The lowest BCUT2D eigenvalue weighted by Crippen LogP contribution is -2.32. The number of benzene rings is 2. The average molecular weight is 411 g/mol. The summed E-state index contributed by atoms with van der Waals surface area (Å²) in [6.45, 7) is 6.11. The summed E-state index contributed by atoms with van der Waals surface area (Å²) in [5, 5.41) is 4.80. The highest BCUT2D eigenvalue weighted by molar-refractivity contribution is 6.00. The second-order valence-corrected chi connectivity index (χ2v) is 7.67. The molecular weight excluding hydrogens is 384 g/mol. The molecule has 4 rings (SSSR count). The first-order valence-electron chi connectivity index (χ1n) is 9.75. The molecule has 0 bridgehead atoms. The van der Waals surface area contributed by atoms with E-state index in [2.05, 4.69) is 38.1 Å². The molecule has 1 saturated heterocycles. The summed E-state index contributed by atoms with van der Waals surface area (Å²) in [5.74, 6) is 0.0143. The summed E-state index contributed by atoms with van der Waals surface area (Å²) in [5.41, 5.74) is 12.0. The lowest BCUT2D eigenvalue weighted by molar-refractivity contribution is 0.0791. The number of rotatable bonds is 4. The van der Waals surface area contributed by atoms with Crippen LogP contribution in [0.3, 0.4) is 0 Å². The molecule has 2 heterocycles. The number of aromatic nitrogens is 2. The number of likely N-dealkylation sites (tertiary alicyclic amines) is 1. The van der Waals surface area contributed by atoms with E-state index >= 15 is 0 Å². The molecule has 5 nitrogen and oxygen atoms in total. The van der Waals surface area contributed by atoms with Gasteiger partial charge in [0, 0.05) is 30.9 Å². The zero-order valence-corrected chi connectivity index (χ0v) is 17.7. The van der Waals surface area contributed by atoms with Gasteiger partial charge in [0.05, 0.1) is 12.1 Å². The number of hydrogen-bond donors (Lipinski definition) is 1. The minimum atomic E-state index is 0. The van der Waals surface area contributed by atoms with E-state index in [1.165, 1.54) is 11.1 Å². The summed E-state index contributed by atoms with van der Waals surface area (Å²) < 4.78 is 1.86. The topological polar surface area (TPSA) is 64.2 Å². The van der Waals surface area contributed by atoms with Gasteiger partial charge in [-0.15, -0.1) is 12.4 Å². The molecule has 0 saturated carbocycles. The van der Waals surface area contributed by atoms with Gasteiger partial charge in [0.2, 0.25) is 0 Å². The van der Waals surface area contributed by atoms with Crippen molar-refractivity contribution in [1.82, 2.24) is 14.7 Å². The third-order valence-corrected chi connectivity index (χ3v) is 5.47. The van der Waals surface area contributed by atoms with Crippen molar-refractivity contribution in [3.8, 4) is 11.3 Å². The fourth-order valence-electron chi connectivity index (χ4n) is 3.67. The SMILES string of the molecule is Cc1ccc(-c2nn(Cc3ccccc3)cc2C(=O)N2CC[C@@H](N)C2)cc1C.Cl. The Morgan fingerprint density at radius 1 is 1.14 bits per heavy atom. The second kappa shape index (κ2) is 8.80. The van der Waals surface area contributed by atoms with Crippen molar-refractivity contribution >= 4 is 18.3 Å². The van der Waals surface area contributed by atoms with Crippen molar-refractivity contribution in [2.24, 2.45) is 5.73 Å². The van der Waals surface area contributed by atoms with Gasteiger partial charge in [-0.3, -0.25) is 9.48 Å². The van der Waals surface area contributed by atoms with Crippen LogP contribution in [0.4, 0.5) is 0 Å². The van der Waals surface area contributed by atoms with Gasteiger partial charge < -0.3 is 10.6 Å². The van der Waals surface area contributed by atoms with Crippen molar-refractivity contribution in [2.45, 2.75) is 32.9 Å². The van der Waals surface area contributed by atoms with Crippen LogP contribution >= 0.6 is 12.4 Å². The summed E-state index contributed by atoms with van der Waals surface area (Å²) in [7, 11) is 0. The van der Waals surface area contributed by atoms with Crippen molar-refractivity contribution in [3.05, 3.63) is 77.0 Å². The van der Waals surface area contributed by atoms with E-state index in [4.69, 9.17) is 10.8 Å². The maximum atomic E-state index is 13.2. The number of hydrogen-bond acceptors (Lipinski definition) is 3. The number of amides is 1. The predicted octanol–water partition coefficient (Wildman–Crippen LogP) is 3.81. The third-order valence-electron chi connectivity index (χ3n) is 5.47. The smallest absolute Gasteiger partial charge is 0.257 e. The van der Waals surface area contributed by atoms with Gasteiger partial charge in [0.1, 0.15) is 5.69 Å². The number of aryl methyl sites for hydroxylation is 2. The fourth-order valence-corrected chi connectivity index (χ4v) is 3.67. The van der Waals surface area contributed by atoms with E-state index in [-0.39, 0.29) is 24.4 Å². The van der Waals surface area contributed by atoms with Crippen LogP contribution in [-0.2, 0) is 6.54 Å². The molecule has 1 atom stereocenters. The third kappa shape index (κ3) is 4.52. The lowest BCUT2D eigenvalue weighted by Gasteiger charge is -2.15. The quantitative estimate of drug-likeness (QED) is 0.711. The molecule has 1 aromatic heterocycles. The Morgan fingerprint density at radius 2 is 1.90 bits per heavy atom. The highest BCUT2D eigenvalue weighted by Crippen LogP contribution is 2.27. The van der Waals surface area contributed by atoms with E-state index < -0.39 is 0 Å². The minimum Gasteiger partial charge on any atom is -0.337 e. The molecule has 0 aliphatic carbocycles. The molecule has 1 fully saturated rings. The molecule has 29 heavy (non-hydrogen) atoms.